The Morgan fingerprint density at radius 1 is 1.06 bits per heavy atom. The number of carbonyl (C=O) groups is 1. The Morgan fingerprint density at radius 3 is 2.40 bits per heavy atom. The summed E-state index contributed by atoms with van der Waals surface area (Å²) in [6, 6.07) is 13.9. The van der Waals surface area contributed by atoms with E-state index in [1.165, 1.54) is 15.3 Å². The van der Waals surface area contributed by atoms with Crippen LogP contribution in [0.1, 0.15) is 83.7 Å². The van der Waals surface area contributed by atoms with Crippen molar-refractivity contribution in [3.63, 3.8) is 0 Å². The molecule has 1 aromatic heterocycles. The first kappa shape index (κ1) is 39.6. The molecule has 2 aliphatic rings. The number of rotatable bonds is 13. The van der Waals surface area contributed by atoms with E-state index in [1.807, 2.05) is 51.1 Å². The van der Waals surface area contributed by atoms with Gasteiger partial charge < -0.3 is 15.0 Å². The smallest absolute Gasteiger partial charge is 0.219 e. The van der Waals surface area contributed by atoms with Crippen LogP contribution in [0.15, 0.2) is 101 Å². The molecular weight excluding hydrogens is 698 g/mol. The maximum atomic E-state index is 12.2. The number of allylic oxidation sites excluding steroid dienone is 1. The summed E-state index contributed by atoms with van der Waals surface area (Å²) < 4.78 is 6.86. The Bertz CT molecular complexity index is 2100. The Hall–Kier alpha value is -4.63. The summed E-state index contributed by atoms with van der Waals surface area (Å²) in [5, 5.41) is 12.3. The number of ether oxygens (including phenoxy) is 1. The Labute approximate surface area is 323 Å². The summed E-state index contributed by atoms with van der Waals surface area (Å²) in [7, 11) is 1.65. The molecule has 0 radical (unpaired) electrons. The number of nitrogens with one attached hydrogen (secondary N) is 1. The van der Waals surface area contributed by atoms with Crippen LogP contribution >= 0.6 is 22.9 Å². The summed E-state index contributed by atoms with van der Waals surface area (Å²) in [6.45, 7) is 27.8. The molecule has 0 spiro atoms. The van der Waals surface area contributed by atoms with Crippen molar-refractivity contribution in [2.45, 2.75) is 73.6 Å². The monoisotopic (exact) mass is 747 g/mol. The van der Waals surface area contributed by atoms with E-state index in [2.05, 4.69) is 104 Å². The third kappa shape index (κ3) is 8.62. The van der Waals surface area contributed by atoms with Gasteiger partial charge in [0.1, 0.15) is 0 Å². The molecule has 276 valence electrons. The van der Waals surface area contributed by atoms with E-state index in [-0.39, 0.29) is 18.6 Å². The maximum absolute atomic E-state index is 12.2. The molecule has 3 aromatic rings. The lowest BCUT2D eigenvalue weighted by Crippen LogP contribution is -2.36. The van der Waals surface area contributed by atoms with Gasteiger partial charge in [0.05, 0.1) is 24.1 Å². The van der Waals surface area contributed by atoms with Gasteiger partial charge in [0.2, 0.25) is 5.91 Å². The minimum Gasteiger partial charge on any atom is -0.359 e. The van der Waals surface area contributed by atoms with Crippen molar-refractivity contribution in [3.05, 3.63) is 134 Å². The molecule has 0 fully saturated rings. The van der Waals surface area contributed by atoms with E-state index >= 15 is 0 Å². The lowest BCUT2D eigenvalue weighted by atomic mass is 9.83. The predicted octanol–water partition coefficient (Wildman–Crippen LogP) is 10.4. The second kappa shape index (κ2) is 16.6. The van der Waals surface area contributed by atoms with E-state index < -0.39 is 11.6 Å². The fourth-order valence-electron chi connectivity index (χ4n) is 6.76. The van der Waals surface area contributed by atoms with Gasteiger partial charge in [0, 0.05) is 73.0 Å². The van der Waals surface area contributed by atoms with Crippen molar-refractivity contribution in [1.82, 2.24) is 10.2 Å². The molecule has 1 amide bonds. The van der Waals surface area contributed by atoms with Crippen LogP contribution in [-0.4, -0.2) is 53.9 Å². The molecule has 0 bridgehead atoms. The zero-order valence-electron chi connectivity index (χ0n) is 32.1. The zero-order valence-corrected chi connectivity index (χ0v) is 33.7. The van der Waals surface area contributed by atoms with E-state index in [0.29, 0.717) is 23.6 Å². The quantitative estimate of drug-likeness (QED) is 0.107. The molecule has 1 N–H and O–H groups in total. The number of halogens is 1. The normalized spacial score (nSPS) is 18.2. The molecule has 1 aliphatic carbocycles. The molecule has 5 rings (SSSR count). The minimum absolute atomic E-state index is 0.0233. The van der Waals surface area contributed by atoms with E-state index in [9.17, 15) is 4.79 Å². The maximum Gasteiger partial charge on any atom is 0.219 e. The van der Waals surface area contributed by atoms with Gasteiger partial charge >= 0.3 is 0 Å². The number of thiophene rings is 1. The van der Waals surface area contributed by atoms with Gasteiger partial charge in [0.25, 0.3) is 0 Å². The van der Waals surface area contributed by atoms with Crippen LogP contribution in [0.4, 0.5) is 0 Å². The second-order valence-corrected chi connectivity index (χ2v) is 16.0. The van der Waals surface area contributed by atoms with Crippen molar-refractivity contribution in [2.75, 3.05) is 13.7 Å². The van der Waals surface area contributed by atoms with E-state index in [0.717, 1.165) is 56.2 Å². The molecule has 1 aliphatic heterocycles. The van der Waals surface area contributed by atoms with Crippen molar-refractivity contribution in [2.24, 2.45) is 20.6 Å². The Kier molecular flexibility index (Phi) is 12.4. The standard InChI is InChI=1S/C44H50ClN5O2S/c1-12-36(20-21-39(51)46-11)50-29(6)37-15-13-14-33-22-23-44(10,24-38(30(50)7)41(33)37)25-52-43(28(5)49-48-26(2)3)47-42(34-16-18-35(45)19-17-34)40-27(4)31(8)53-32(40)9/h12-19,22-24,36,43H,1,6-7,20-21,25H2,2-5,8-11H3,(H,46,51)/b47-42-,49-28+. The highest BCUT2D eigenvalue weighted by molar-refractivity contribution is 7.12. The van der Waals surface area contributed by atoms with Gasteiger partial charge in [-0.15, -0.1) is 17.9 Å². The van der Waals surface area contributed by atoms with Gasteiger partial charge in [-0.05, 0) is 76.8 Å². The number of benzene rings is 2. The van der Waals surface area contributed by atoms with E-state index in [1.54, 1.807) is 18.4 Å². The molecule has 3 atom stereocenters. The molecule has 2 heterocycles. The first-order chi connectivity index (χ1) is 25.2. The molecule has 3 unspecified atom stereocenters. The summed E-state index contributed by atoms with van der Waals surface area (Å²) in [4.78, 5) is 22.1. The number of hydrogen-bond acceptors (Lipinski definition) is 7. The summed E-state index contributed by atoms with van der Waals surface area (Å²) in [5.41, 5.74) is 10.7. The highest BCUT2D eigenvalue weighted by Crippen LogP contribution is 2.47. The number of nitrogens with zero attached hydrogens (tertiary/aromatic N) is 4. The molecule has 7 nitrogen and oxygen atoms in total. The van der Waals surface area contributed by atoms with Crippen molar-refractivity contribution in [3.8, 4) is 0 Å². The van der Waals surface area contributed by atoms with Gasteiger partial charge in [-0.25, -0.2) is 4.99 Å². The lowest BCUT2D eigenvalue weighted by molar-refractivity contribution is -0.120. The van der Waals surface area contributed by atoms with Gasteiger partial charge in [-0.3, -0.25) is 4.79 Å². The van der Waals surface area contributed by atoms with Gasteiger partial charge in [-0.1, -0.05) is 86.3 Å². The summed E-state index contributed by atoms with van der Waals surface area (Å²) >= 11 is 8.10. The Morgan fingerprint density at radius 2 is 1.77 bits per heavy atom. The van der Waals surface area contributed by atoms with Crippen LogP contribution in [0.5, 0.6) is 0 Å². The third-order valence-corrected chi connectivity index (χ3v) is 11.1. The molecule has 9 heteroatoms. The SMILES string of the molecule is C=CC(CCC(=O)NC)N1C(=C)C2=CC(C)(COC(/N=C(/c3ccc(Cl)cc3)c3c(C)sc(C)c3C)/C(C)=N/N=C(C)C)C=Cc3cccc(c32)C1=C. The Balaban J connectivity index is 1.59. The van der Waals surface area contributed by atoms with Crippen LogP contribution < -0.4 is 5.32 Å². The van der Waals surface area contributed by atoms with Gasteiger partial charge in [-0.2, -0.15) is 10.2 Å². The fraction of sp³-hybridized carbons (Fsp3) is 0.318. The third-order valence-electron chi connectivity index (χ3n) is 9.72. The first-order valence-corrected chi connectivity index (χ1v) is 19.0. The molecule has 2 aromatic carbocycles. The van der Waals surface area contributed by atoms with Crippen LogP contribution in [0, 0.1) is 26.2 Å². The van der Waals surface area contributed by atoms with Crippen LogP contribution in [-0.2, 0) is 9.53 Å². The topological polar surface area (TPSA) is 78.7 Å². The number of hydrogen-bond donors (Lipinski definition) is 1. The largest absolute Gasteiger partial charge is 0.359 e. The highest BCUT2D eigenvalue weighted by Gasteiger charge is 2.35. The molecular formula is C44H50ClN5O2S. The van der Waals surface area contributed by atoms with Crippen molar-refractivity contribution < 1.29 is 9.53 Å². The van der Waals surface area contributed by atoms with Gasteiger partial charge in [0.15, 0.2) is 6.23 Å². The summed E-state index contributed by atoms with van der Waals surface area (Å²) in [5.74, 6) is -0.0233. The average molecular weight is 748 g/mol. The number of carbonyl (C=O) groups excluding carboxylic acids is 1. The minimum atomic E-state index is -0.742. The fourth-order valence-corrected chi connectivity index (χ4v) is 7.96. The highest BCUT2D eigenvalue weighted by atomic mass is 35.5. The second-order valence-electron chi connectivity index (χ2n) is 14.1. The molecule has 0 saturated carbocycles. The zero-order chi connectivity index (χ0) is 38.6. The lowest BCUT2D eigenvalue weighted by Gasteiger charge is -2.41. The number of aliphatic imine (C=N–C) groups is 1. The van der Waals surface area contributed by atoms with Crippen LogP contribution in [0.3, 0.4) is 0 Å². The molecule has 53 heavy (non-hydrogen) atoms. The number of aryl methyl sites for hydroxylation is 2. The summed E-state index contributed by atoms with van der Waals surface area (Å²) in [6.07, 6.45) is 8.62. The van der Waals surface area contributed by atoms with E-state index in [4.69, 9.17) is 21.3 Å². The van der Waals surface area contributed by atoms with Crippen LogP contribution in [0.25, 0.3) is 17.3 Å². The number of amides is 1. The van der Waals surface area contributed by atoms with Crippen LogP contribution in [0.2, 0.25) is 5.02 Å². The first-order valence-electron chi connectivity index (χ1n) is 17.8. The van der Waals surface area contributed by atoms with Crippen molar-refractivity contribution >= 4 is 63.3 Å². The average Bonchev–Trinajstić information content (AvgIpc) is 3.28. The van der Waals surface area contributed by atoms with Crippen molar-refractivity contribution in [1.29, 1.82) is 0 Å². The molecule has 0 saturated heterocycles. The predicted molar refractivity (Wildman–Crippen MR) is 226 cm³/mol.